The summed E-state index contributed by atoms with van der Waals surface area (Å²) in [6.45, 7) is 7.11. The minimum absolute atomic E-state index is 0.0389. The Hall–Kier alpha value is -2.46. The van der Waals surface area contributed by atoms with Gasteiger partial charge in [0.15, 0.2) is 0 Å². The van der Waals surface area contributed by atoms with Crippen LogP contribution >= 0.6 is 0 Å². The molecule has 0 saturated carbocycles. The summed E-state index contributed by atoms with van der Waals surface area (Å²) in [7, 11) is -3.70. The standard InChI is InChI=1S/C20H30N4O5S/c1-13(2)18(21-15(4)25)20(27)23-22-19(26)16-6-5-11-24(12-16)30(28,29)17-9-7-14(3)8-10-17/h7-10,13,16,18H,5-6,11-12H2,1-4H3,(H,21,25)(H,22,26)(H,23,27)/t16-,18+/m0/s1. The first-order valence-electron chi connectivity index (χ1n) is 9.96. The fourth-order valence-electron chi connectivity index (χ4n) is 3.29. The van der Waals surface area contributed by atoms with Gasteiger partial charge in [0.25, 0.3) is 5.91 Å². The molecule has 1 aromatic carbocycles. The van der Waals surface area contributed by atoms with Gasteiger partial charge in [-0.15, -0.1) is 0 Å². The summed E-state index contributed by atoms with van der Waals surface area (Å²) >= 11 is 0. The SMILES string of the molecule is CC(=O)N[C@@H](C(=O)NNC(=O)[C@H]1CCCN(S(=O)(=O)c2ccc(C)cc2)C1)C(C)C. The van der Waals surface area contributed by atoms with Crippen molar-refractivity contribution in [3.05, 3.63) is 29.8 Å². The minimum Gasteiger partial charge on any atom is -0.344 e. The molecule has 1 fully saturated rings. The first-order valence-corrected chi connectivity index (χ1v) is 11.4. The van der Waals surface area contributed by atoms with Crippen LogP contribution in [0.15, 0.2) is 29.2 Å². The zero-order valence-corrected chi connectivity index (χ0v) is 18.6. The van der Waals surface area contributed by atoms with E-state index in [-0.39, 0.29) is 23.3 Å². The first-order chi connectivity index (χ1) is 14.0. The number of rotatable bonds is 6. The van der Waals surface area contributed by atoms with Crippen molar-refractivity contribution in [1.29, 1.82) is 0 Å². The van der Waals surface area contributed by atoms with E-state index in [9.17, 15) is 22.8 Å². The number of sulfonamides is 1. The highest BCUT2D eigenvalue weighted by Crippen LogP contribution is 2.24. The van der Waals surface area contributed by atoms with E-state index in [1.165, 1.54) is 11.2 Å². The van der Waals surface area contributed by atoms with Gasteiger partial charge in [-0.1, -0.05) is 31.5 Å². The van der Waals surface area contributed by atoms with Crippen LogP contribution in [0.2, 0.25) is 0 Å². The molecule has 3 N–H and O–H groups in total. The van der Waals surface area contributed by atoms with E-state index in [0.717, 1.165) is 5.56 Å². The Morgan fingerprint density at radius 1 is 1.10 bits per heavy atom. The monoisotopic (exact) mass is 438 g/mol. The number of nitrogens with one attached hydrogen (secondary N) is 3. The van der Waals surface area contributed by atoms with E-state index in [0.29, 0.717) is 19.4 Å². The minimum atomic E-state index is -3.70. The Morgan fingerprint density at radius 2 is 1.73 bits per heavy atom. The molecule has 1 aliphatic heterocycles. The van der Waals surface area contributed by atoms with Crippen LogP contribution in [0.5, 0.6) is 0 Å². The number of aryl methyl sites for hydroxylation is 1. The molecular weight excluding hydrogens is 408 g/mol. The van der Waals surface area contributed by atoms with E-state index < -0.39 is 33.8 Å². The van der Waals surface area contributed by atoms with Gasteiger partial charge in [-0.2, -0.15) is 4.31 Å². The maximum atomic E-state index is 12.9. The fraction of sp³-hybridized carbons (Fsp3) is 0.550. The molecule has 1 heterocycles. The Balaban J connectivity index is 1.99. The molecule has 0 spiro atoms. The molecule has 0 unspecified atom stereocenters. The van der Waals surface area contributed by atoms with Crippen LogP contribution in [-0.4, -0.2) is 49.6 Å². The molecule has 1 aliphatic rings. The summed E-state index contributed by atoms with van der Waals surface area (Å²) in [6, 6.07) is 5.80. The van der Waals surface area contributed by atoms with Crippen molar-refractivity contribution < 1.29 is 22.8 Å². The average molecular weight is 439 g/mol. The number of hydrazine groups is 1. The second-order valence-corrected chi connectivity index (χ2v) is 9.85. The lowest BCUT2D eigenvalue weighted by molar-refractivity contribution is -0.134. The predicted molar refractivity (Wildman–Crippen MR) is 111 cm³/mol. The Morgan fingerprint density at radius 3 is 2.30 bits per heavy atom. The van der Waals surface area contributed by atoms with E-state index >= 15 is 0 Å². The molecule has 30 heavy (non-hydrogen) atoms. The summed E-state index contributed by atoms with van der Waals surface area (Å²) in [5.74, 6) is -2.10. The van der Waals surface area contributed by atoms with Gasteiger partial charge in [0.2, 0.25) is 21.8 Å². The number of nitrogens with zero attached hydrogens (tertiary/aromatic N) is 1. The summed E-state index contributed by atoms with van der Waals surface area (Å²) in [6.07, 6.45) is 1.05. The van der Waals surface area contributed by atoms with Gasteiger partial charge in [0, 0.05) is 20.0 Å². The van der Waals surface area contributed by atoms with Gasteiger partial charge in [0.05, 0.1) is 10.8 Å². The third-order valence-electron chi connectivity index (χ3n) is 5.03. The highest BCUT2D eigenvalue weighted by molar-refractivity contribution is 7.89. The normalized spacial score (nSPS) is 18.5. The zero-order valence-electron chi connectivity index (χ0n) is 17.8. The van der Waals surface area contributed by atoms with E-state index in [1.807, 2.05) is 6.92 Å². The number of hydrogen-bond acceptors (Lipinski definition) is 5. The van der Waals surface area contributed by atoms with Crippen molar-refractivity contribution in [2.75, 3.05) is 13.1 Å². The van der Waals surface area contributed by atoms with Crippen molar-refractivity contribution in [3.8, 4) is 0 Å². The second kappa shape index (κ2) is 10.0. The van der Waals surface area contributed by atoms with Gasteiger partial charge in [-0.25, -0.2) is 8.42 Å². The molecule has 3 amide bonds. The van der Waals surface area contributed by atoms with Gasteiger partial charge in [-0.3, -0.25) is 25.2 Å². The predicted octanol–water partition coefficient (Wildman–Crippen LogP) is 0.704. The van der Waals surface area contributed by atoms with Crippen LogP contribution < -0.4 is 16.2 Å². The Bertz CT molecular complexity index is 883. The molecule has 2 rings (SSSR count). The summed E-state index contributed by atoms with van der Waals surface area (Å²) in [4.78, 5) is 36.3. The van der Waals surface area contributed by atoms with Gasteiger partial charge in [0.1, 0.15) is 6.04 Å². The highest BCUT2D eigenvalue weighted by Gasteiger charge is 2.33. The summed E-state index contributed by atoms with van der Waals surface area (Å²) < 4.78 is 27.1. The molecule has 9 nitrogen and oxygen atoms in total. The van der Waals surface area contributed by atoms with E-state index in [4.69, 9.17) is 0 Å². The molecule has 2 atom stereocenters. The molecule has 10 heteroatoms. The van der Waals surface area contributed by atoms with Crippen molar-refractivity contribution in [2.45, 2.75) is 51.5 Å². The number of amides is 3. The molecular formula is C20H30N4O5S. The van der Waals surface area contributed by atoms with Crippen molar-refractivity contribution in [3.63, 3.8) is 0 Å². The van der Waals surface area contributed by atoms with Gasteiger partial charge >= 0.3 is 0 Å². The van der Waals surface area contributed by atoms with Gasteiger partial charge in [-0.05, 0) is 37.8 Å². The van der Waals surface area contributed by atoms with Gasteiger partial charge < -0.3 is 5.32 Å². The maximum absolute atomic E-state index is 12.9. The fourth-order valence-corrected chi connectivity index (χ4v) is 4.81. The number of benzene rings is 1. The lowest BCUT2D eigenvalue weighted by atomic mass is 9.99. The van der Waals surface area contributed by atoms with Crippen molar-refractivity contribution >= 4 is 27.7 Å². The molecule has 166 valence electrons. The quantitative estimate of drug-likeness (QED) is 0.564. The first kappa shape index (κ1) is 23.8. The highest BCUT2D eigenvalue weighted by atomic mass is 32.2. The average Bonchev–Trinajstić information content (AvgIpc) is 2.70. The molecule has 1 saturated heterocycles. The summed E-state index contributed by atoms with van der Waals surface area (Å²) in [5, 5.41) is 2.54. The van der Waals surface area contributed by atoms with E-state index in [1.54, 1.807) is 38.1 Å². The number of carbonyl (C=O) groups is 3. The largest absolute Gasteiger partial charge is 0.344 e. The number of piperidine rings is 1. The number of carbonyl (C=O) groups excluding carboxylic acids is 3. The Labute approximate surface area is 177 Å². The molecule has 0 aromatic heterocycles. The van der Waals surface area contributed by atoms with E-state index in [2.05, 4.69) is 16.2 Å². The van der Waals surface area contributed by atoms with Crippen LogP contribution in [0.25, 0.3) is 0 Å². The second-order valence-electron chi connectivity index (χ2n) is 7.92. The molecule has 0 radical (unpaired) electrons. The van der Waals surface area contributed by atoms with Crippen LogP contribution in [0.4, 0.5) is 0 Å². The lowest BCUT2D eigenvalue weighted by Gasteiger charge is -2.31. The van der Waals surface area contributed by atoms with Crippen LogP contribution in [-0.2, 0) is 24.4 Å². The Kier molecular flexibility index (Phi) is 7.96. The number of hydrogen-bond donors (Lipinski definition) is 3. The van der Waals surface area contributed by atoms with Crippen LogP contribution in [0.3, 0.4) is 0 Å². The van der Waals surface area contributed by atoms with Crippen molar-refractivity contribution in [1.82, 2.24) is 20.5 Å². The topological polar surface area (TPSA) is 125 Å². The zero-order chi connectivity index (χ0) is 22.5. The third kappa shape index (κ3) is 6.02. The molecule has 0 bridgehead atoms. The lowest BCUT2D eigenvalue weighted by Crippen LogP contribution is -2.56. The van der Waals surface area contributed by atoms with Crippen LogP contribution in [0, 0.1) is 18.8 Å². The third-order valence-corrected chi connectivity index (χ3v) is 6.91. The maximum Gasteiger partial charge on any atom is 0.261 e. The molecule has 1 aromatic rings. The molecule has 0 aliphatic carbocycles. The summed E-state index contributed by atoms with van der Waals surface area (Å²) in [5.41, 5.74) is 5.66. The van der Waals surface area contributed by atoms with Crippen molar-refractivity contribution in [2.24, 2.45) is 11.8 Å². The van der Waals surface area contributed by atoms with Crippen LogP contribution in [0.1, 0.15) is 39.2 Å². The smallest absolute Gasteiger partial charge is 0.261 e.